The molecule has 0 aliphatic rings. The standard InChI is InChI=1S/C4H6O4S.Zn/c5-2(4(7)8)1-3(6)9;/h2,5H,1H2,(H,6,9)(H,7,8);. The minimum Gasteiger partial charge on any atom is -0.502 e. The number of aliphatic hydroxyl groups is 2. The molecule has 3 N–H and O–H groups in total. The van der Waals surface area contributed by atoms with Crippen molar-refractivity contribution < 1.29 is 39.6 Å². The number of carboxylic acids is 1. The van der Waals surface area contributed by atoms with Crippen LogP contribution in [-0.2, 0) is 24.3 Å². The summed E-state index contributed by atoms with van der Waals surface area (Å²) < 4.78 is 0. The summed E-state index contributed by atoms with van der Waals surface area (Å²) in [6, 6.07) is 0. The van der Waals surface area contributed by atoms with Gasteiger partial charge in [-0.15, -0.1) is 0 Å². The van der Waals surface area contributed by atoms with Gasteiger partial charge in [0.15, 0.2) is 11.2 Å². The predicted molar refractivity (Wildman–Crippen MR) is 33.5 cm³/mol. The Hall–Kier alpha value is -0.0566. The number of aliphatic hydroxyl groups excluding tert-OH is 2. The zero-order chi connectivity index (χ0) is 7.44. The molecule has 1 atom stereocenters. The van der Waals surface area contributed by atoms with Gasteiger partial charge in [-0.25, -0.2) is 4.79 Å². The summed E-state index contributed by atoms with van der Waals surface area (Å²) in [6.07, 6.45) is -1.97. The monoisotopic (exact) mass is 214 g/mol. The third-order valence-electron chi connectivity index (χ3n) is 0.653. The second-order valence-electron chi connectivity index (χ2n) is 1.45. The Balaban J connectivity index is 0. The molecule has 0 aromatic rings. The molecule has 0 spiro atoms. The topological polar surface area (TPSA) is 77.8 Å². The molecular weight excluding hydrogens is 209 g/mol. The summed E-state index contributed by atoms with van der Waals surface area (Å²) in [5.74, 6) is -1.38. The minimum atomic E-state index is -1.58. The van der Waals surface area contributed by atoms with Gasteiger partial charge in [0.25, 0.3) is 0 Å². The van der Waals surface area contributed by atoms with Crippen LogP contribution in [0.2, 0.25) is 0 Å². The number of carboxylic acid groups (broad SMARTS) is 1. The van der Waals surface area contributed by atoms with E-state index < -0.39 is 17.1 Å². The van der Waals surface area contributed by atoms with Crippen LogP contribution in [0, 0.1) is 0 Å². The smallest absolute Gasteiger partial charge is 0.333 e. The van der Waals surface area contributed by atoms with Crippen LogP contribution in [0.1, 0.15) is 6.42 Å². The molecule has 0 aromatic heterocycles. The first-order chi connectivity index (χ1) is 4.04. The van der Waals surface area contributed by atoms with E-state index in [0.717, 1.165) is 0 Å². The van der Waals surface area contributed by atoms with Gasteiger partial charge in [0.1, 0.15) is 0 Å². The molecule has 0 aliphatic carbocycles. The molecule has 0 fully saturated rings. The molecule has 0 rings (SSSR count). The van der Waals surface area contributed by atoms with Crippen LogP contribution < -0.4 is 0 Å². The summed E-state index contributed by atoms with van der Waals surface area (Å²) in [4.78, 5) is 9.81. The van der Waals surface area contributed by atoms with E-state index in [2.05, 4.69) is 12.2 Å². The summed E-state index contributed by atoms with van der Waals surface area (Å²) in [7, 11) is 0. The van der Waals surface area contributed by atoms with Gasteiger partial charge < -0.3 is 15.3 Å². The van der Waals surface area contributed by atoms with E-state index in [1.807, 2.05) is 0 Å². The molecule has 6 heteroatoms. The van der Waals surface area contributed by atoms with Crippen molar-refractivity contribution in [2.75, 3.05) is 0 Å². The molecule has 0 aliphatic heterocycles. The van der Waals surface area contributed by atoms with Crippen LogP contribution in [0.4, 0.5) is 0 Å². The summed E-state index contributed by atoms with van der Waals surface area (Å²) in [6.45, 7) is 0. The maximum Gasteiger partial charge on any atom is 0.333 e. The number of rotatable bonds is 3. The van der Waals surface area contributed by atoms with Gasteiger partial charge >= 0.3 is 5.97 Å². The van der Waals surface area contributed by atoms with E-state index in [0.29, 0.717) is 0 Å². The zero-order valence-electron chi connectivity index (χ0n) is 5.15. The summed E-state index contributed by atoms with van der Waals surface area (Å²) in [5, 5.41) is 24.2. The molecule has 0 radical (unpaired) electrons. The average molecular weight is 216 g/mol. The van der Waals surface area contributed by atoms with E-state index in [1.165, 1.54) is 0 Å². The average Bonchev–Trinajstić information content (AvgIpc) is 1.63. The summed E-state index contributed by atoms with van der Waals surface area (Å²) >= 11 is 4.12. The molecule has 0 bridgehead atoms. The van der Waals surface area contributed by atoms with Gasteiger partial charge in [-0.05, 0) is 12.2 Å². The number of hydrogen-bond donors (Lipinski definition) is 3. The van der Waals surface area contributed by atoms with Gasteiger partial charge in [-0.2, -0.15) is 0 Å². The fourth-order valence-corrected chi connectivity index (χ4v) is 0.411. The van der Waals surface area contributed by atoms with Crippen LogP contribution in [0.25, 0.3) is 0 Å². The Kier molecular flexibility index (Phi) is 7.19. The fraction of sp³-hybridized carbons (Fsp3) is 0.500. The van der Waals surface area contributed by atoms with E-state index >= 15 is 0 Å². The van der Waals surface area contributed by atoms with Crippen molar-refractivity contribution in [2.24, 2.45) is 0 Å². The Labute approximate surface area is 75.6 Å². The van der Waals surface area contributed by atoms with Crippen LogP contribution in [-0.4, -0.2) is 32.4 Å². The largest absolute Gasteiger partial charge is 0.502 e. The van der Waals surface area contributed by atoms with Crippen LogP contribution in [0.3, 0.4) is 0 Å². The Bertz CT molecular complexity index is 137. The third-order valence-corrected chi connectivity index (χ3v) is 0.820. The van der Waals surface area contributed by atoms with Gasteiger partial charge in [0.2, 0.25) is 0 Å². The minimum absolute atomic E-state index is 0. The van der Waals surface area contributed by atoms with E-state index in [9.17, 15) is 4.79 Å². The van der Waals surface area contributed by atoms with E-state index in [4.69, 9.17) is 15.3 Å². The van der Waals surface area contributed by atoms with Gasteiger partial charge in [0, 0.05) is 19.5 Å². The molecule has 4 nitrogen and oxygen atoms in total. The van der Waals surface area contributed by atoms with E-state index in [1.54, 1.807) is 0 Å². The normalized spacial score (nSPS) is 11.3. The number of hydrogen-bond acceptors (Lipinski definition) is 3. The maximum absolute atomic E-state index is 9.81. The second-order valence-corrected chi connectivity index (χ2v) is 1.92. The van der Waals surface area contributed by atoms with Crippen molar-refractivity contribution in [1.29, 1.82) is 0 Å². The Morgan fingerprint density at radius 3 is 2.00 bits per heavy atom. The first-order valence-electron chi connectivity index (χ1n) is 2.16. The third kappa shape index (κ3) is 6.07. The van der Waals surface area contributed by atoms with Crippen molar-refractivity contribution in [3.63, 3.8) is 0 Å². The van der Waals surface area contributed by atoms with Crippen LogP contribution in [0.15, 0.2) is 0 Å². The summed E-state index contributed by atoms with van der Waals surface area (Å²) in [5.41, 5.74) is 0. The van der Waals surface area contributed by atoms with Gasteiger partial charge in [-0.1, -0.05) is 0 Å². The molecule has 0 amide bonds. The predicted octanol–water partition coefficient (Wildman–Crippen LogP) is -0.295. The molecule has 0 heterocycles. The van der Waals surface area contributed by atoms with Crippen molar-refractivity contribution in [3.8, 4) is 0 Å². The molecule has 54 valence electrons. The zero-order valence-corrected chi connectivity index (χ0v) is 8.93. The molecule has 1 unspecified atom stereocenters. The van der Waals surface area contributed by atoms with Crippen molar-refractivity contribution >= 4 is 23.2 Å². The molecule has 0 aromatic carbocycles. The molecular formula is C4H6O4SZn. The van der Waals surface area contributed by atoms with Crippen molar-refractivity contribution in [2.45, 2.75) is 12.5 Å². The first kappa shape index (κ1) is 12.6. The second kappa shape index (κ2) is 5.71. The first-order valence-corrected chi connectivity index (χ1v) is 2.57. The number of carbonyl (C=O) groups is 1. The fourth-order valence-electron chi connectivity index (χ4n) is 0.253. The van der Waals surface area contributed by atoms with Crippen molar-refractivity contribution in [3.05, 3.63) is 0 Å². The number of thiocarbonyl (C=S) groups is 1. The maximum atomic E-state index is 9.81. The van der Waals surface area contributed by atoms with Crippen LogP contribution >= 0.6 is 12.2 Å². The van der Waals surface area contributed by atoms with Crippen molar-refractivity contribution in [1.82, 2.24) is 0 Å². The van der Waals surface area contributed by atoms with Gasteiger partial charge in [0.05, 0.1) is 6.42 Å². The van der Waals surface area contributed by atoms with Crippen LogP contribution in [0.5, 0.6) is 0 Å². The molecule has 10 heavy (non-hydrogen) atoms. The Morgan fingerprint density at radius 2 is 1.90 bits per heavy atom. The number of aliphatic carboxylic acids is 1. The SMILES string of the molecule is O=C(O)C(O)CC(O)=S.[Zn]. The van der Waals surface area contributed by atoms with Gasteiger partial charge in [-0.3, -0.25) is 0 Å². The quantitative estimate of drug-likeness (QED) is 0.445. The molecule has 0 saturated heterocycles. The molecule has 0 saturated carbocycles. The Morgan fingerprint density at radius 1 is 1.50 bits per heavy atom. The van der Waals surface area contributed by atoms with E-state index in [-0.39, 0.29) is 25.9 Å².